The summed E-state index contributed by atoms with van der Waals surface area (Å²) in [6, 6.07) is 0. The van der Waals surface area contributed by atoms with Crippen molar-refractivity contribution in [1.82, 2.24) is 0 Å². The third-order valence-corrected chi connectivity index (χ3v) is 2.76. The Hall–Kier alpha value is -0.990. The molecule has 80 valence electrons. The summed E-state index contributed by atoms with van der Waals surface area (Å²) in [5, 5.41) is 17.6. The van der Waals surface area contributed by atoms with Crippen molar-refractivity contribution >= 4 is 5.97 Å². The molecule has 0 unspecified atom stereocenters. The van der Waals surface area contributed by atoms with Crippen LogP contribution in [0, 0.1) is 5.92 Å². The lowest BCUT2D eigenvalue weighted by molar-refractivity contribution is -0.135. The smallest absolute Gasteiger partial charge is 0.370 e. The molecule has 0 aromatic rings. The summed E-state index contributed by atoms with van der Waals surface area (Å²) in [4.78, 5) is 10.4. The summed E-state index contributed by atoms with van der Waals surface area (Å²) in [6.07, 6.45) is 9.59. The number of aliphatic hydroxyl groups excluding tert-OH is 1. The van der Waals surface area contributed by atoms with Crippen molar-refractivity contribution < 1.29 is 15.0 Å². The van der Waals surface area contributed by atoms with Gasteiger partial charge in [-0.25, -0.2) is 4.79 Å². The fourth-order valence-electron chi connectivity index (χ4n) is 1.95. The first kappa shape index (κ1) is 11.1. The quantitative estimate of drug-likeness (QED) is 0.530. The molecule has 1 aliphatic carbocycles. The predicted molar refractivity (Wildman–Crippen MR) is 54.2 cm³/mol. The summed E-state index contributed by atoms with van der Waals surface area (Å²) < 4.78 is 0. The number of hydrogen-bond acceptors (Lipinski definition) is 2. The molecule has 0 aromatic heterocycles. The van der Waals surface area contributed by atoms with Crippen LogP contribution >= 0.6 is 0 Å². The Morgan fingerprint density at radius 2 is 1.50 bits per heavy atom. The fourth-order valence-corrected chi connectivity index (χ4v) is 1.95. The summed E-state index contributed by atoms with van der Waals surface area (Å²) in [5.74, 6) is -1.45. The highest BCUT2D eigenvalue weighted by Gasteiger charge is 2.12. The number of allylic oxidation sites excluding steroid dienone is 1. The second kappa shape index (κ2) is 5.68. The van der Waals surface area contributed by atoms with Crippen molar-refractivity contribution in [2.45, 2.75) is 44.9 Å². The van der Waals surface area contributed by atoms with Crippen LogP contribution in [-0.2, 0) is 4.79 Å². The van der Waals surface area contributed by atoms with Crippen molar-refractivity contribution in [3.8, 4) is 0 Å². The van der Waals surface area contributed by atoms with Crippen molar-refractivity contribution in [1.29, 1.82) is 0 Å². The number of aliphatic carboxylic acids is 1. The molecular formula is C11H18O3. The van der Waals surface area contributed by atoms with Gasteiger partial charge in [0.2, 0.25) is 0 Å². The van der Waals surface area contributed by atoms with E-state index in [0.717, 1.165) is 25.7 Å². The molecular weight excluding hydrogens is 180 g/mol. The van der Waals surface area contributed by atoms with E-state index in [-0.39, 0.29) is 5.92 Å². The molecule has 0 amide bonds. The fraction of sp³-hybridized carbons (Fsp3) is 0.727. The maximum Gasteiger partial charge on any atom is 0.370 e. The third-order valence-electron chi connectivity index (χ3n) is 2.76. The molecule has 2 N–H and O–H groups in total. The van der Waals surface area contributed by atoms with Gasteiger partial charge in [0.25, 0.3) is 0 Å². The maximum atomic E-state index is 10.4. The Morgan fingerprint density at radius 3 is 2.00 bits per heavy atom. The Bertz CT molecular complexity index is 213. The normalized spacial score (nSPS) is 21.3. The first-order chi connectivity index (χ1) is 6.70. The van der Waals surface area contributed by atoms with Gasteiger partial charge in [-0.05, 0) is 24.8 Å². The SMILES string of the molecule is O=C(O)/C(O)=C/C1CCCCCCC1. The Kier molecular flexibility index (Phi) is 4.50. The molecule has 0 saturated heterocycles. The zero-order valence-electron chi connectivity index (χ0n) is 8.41. The van der Waals surface area contributed by atoms with Crippen molar-refractivity contribution in [3.63, 3.8) is 0 Å². The number of rotatable bonds is 2. The molecule has 3 nitrogen and oxygen atoms in total. The molecule has 0 heterocycles. The van der Waals surface area contributed by atoms with Gasteiger partial charge in [0.15, 0.2) is 5.76 Å². The van der Waals surface area contributed by atoms with E-state index in [1.807, 2.05) is 0 Å². The van der Waals surface area contributed by atoms with Crippen LogP contribution in [0.1, 0.15) is 44.9 Å². The van der Waals surface area contributed by atoms with Crippen LogP contribution in [0.25, 0.3) is 0 Å². The van der Waals surface area contributed by atoms with Crippen LogP contribution in [0.15, 0.2) is 11.8 Å². The van der Waals surface area contributed by atoms with E-state index in [4.69, 9.17) is 10.2 Å². The molecule has 0 aromatic carbocycles. The lowest BCUT2D eigenvalue weighted by Gasteiger charge is -2.15. The number of carboxylic acids is 1. The maximum absolute atomic E-state index is 10.4. The lowest BCUT2D eigenvalue weighted by atomic mass is 9.91. The molecule has 1 fully saturated rings. The minimum absolute atomic E-state index is 0.256. The molecule has 0 radical (unpaired) electrons. The van der Waals surface area contributed by atoms with Crippen LogP contribution in [0.3, 0.4) is 0 Å². The van der Waals surface area contributed by atoms with Crippen molar-refractivity contribution in [3.05, 3.63) is 11.8 Å². The van der Waals surface area contributed by atoms with E-state index in [9.17, 15) is 4.79 Å². The van der Waals surface area contributed by atoms with Gasteiger partial charge in [0.1, 0.15) is 0 Å². The Labute approximate surface area is 84.4 Å². The molecule has 1 aliphatic rings. The average Bonchev–Trinajstić information content (AvgIpc) is 2.08. The van der Waals surface area contributed by atoms with Crippen LogP contribution in [-0.4, -0.2) is 16.2 Å². The molecule has 14 heavy (non-hydrogen) atoms. The highest BCUT2D eigenvalue weighted by Crippen LogP contribution is 2.23. The van der Waals surface area contributed by atoms with E-state index in [2.05, 4.69) is 0 Å². The third kappa shape index (κ3) is 3.81. The zero-order chi connectivity index (χ0) is 10.4. The number of hydrogen-bond donors (Lipinski definition) is 2. The molecule has 0 aliphatic heterocycles. The monoisotopic (exact) mass is 198 g/mol. The minimum Gasteiger partial charge on any atom is -0.502 e. The molecule has 0 bridgehead atoms. The summed E-state index contributed by atoms with van der Waals surface area (Å²) in [6.45, 7) is 0. The summed E-state index contributed by atoms with van der Waals surface area (Å²) in [7, 11) is 0. The van der Waals surface area contributed by atoms with E-state index < -0.39 is 11.7 Å². The first-order valence-electron chi connectivity index (χ1n) is 5.34. The number of carbonyl (C=O) groups is 1. The lowest BCUT2D eigenvalue weighted by Crippen LogP contribution is -2.06. The summed E-state index contributed by atoms with van der Waals surface area (Å²) >= 11 is 0. The Balaban J connectivity index is 2.48. The van der Waals surface area contributed by atoms with Crippen LogP contribution in [0.5, 0.6) is 0 Å². The van der Waals surface area contributed by atoms with E-state index >= 15 is 0 Å². The van der Waals surface area contributed by atoms with Crippen molar-refractivity contribution in [2.75, 3.05) is 0 Å². The molecule has 1 saturated carbocycles. The largest absolute Gasteiger partial charge is 0.502 e. The minimum atomic E-state index is -1.22. The van der Waals surface area contributed by atoms with Gasteiger partial charge < -0.3 is 10.2 Å². The van der Waals surface area contributed by atoms with Gasteiger partial charge >= 0.3 is 5.97 Å². The van der Waals surface area contributed by atoms with Gasteiger partial charge in [0, 0.05) is 0 Å². The van der Waals surface area contributed by atoms with Gasteiger partial charge in [-0.3, -0.25) is 0 Å². The van der Waals surface area contributed by atoms with Crippen LogP contribution < -0.4 is 0 Å². The molecule has 0 spiro atoms. The highest BCUT2D eigenvalue weighted by molar-refractivity contribution is 5.83. The van der Waals surface area contributed by atoms with E-state index in [1.54, 1.807) is 0 Å². The van der Waals surface area contributed by atoms with Gasteiger partial charge in [-0.1, -0.05) is 32.1 Å². The second-order valence-corrected chi connectivity index (χ2v) is 3.96. The standard InChI is InChI=1S/C11H18O3/c12-10(11(13)14)8-9-6-4-2-1-3-5-7-9/h8-9,12H,1-7H2,(H,13,14)/b10-8-. The Morgan fingerprint density at radius 1 is 1.00 bits per heavy atom. The van der Waals surface area contributed by atoms with Crippen LogP contribution in [0.4, 0.5) is 0 Å². The zero-order valence-corrected chi connectivity index (χ0v) is 8.41. The highest BCUT2D eigenvalue weighted by atomic mass is 16.4. The van der Waals surface area contributed by atoms with Gasteiger partial charge in [-0.15, -0.1) is 0 Å². The van der Waals surface area contributed by atoms with E-state index in [1.165, 1.54) is 25.3 Å². The second-order valence-electron chi connectivity index (χ2n) is 3.96. The topological polar surface area (TPSA) is 57.5 Å². The average molecular weight is 198 g/mol. The number of carboxylic acid groups (broad SMARTS) is 1. The van der Waals surface area contributed by atoms with Gasteiger partial charge in [0.05, 0.1) is 0 Å². The van der Waals surface area contributed by atoms with Gasteiger partial charge in [-0.2, -0.15) is 0 Å². The molecule has 1 rings (SSSR count). The molecule has 3 heteroatoms. The van der Waals surface area contributed by atoms with Crippen molar-refractivity contribution in [2.24, 2.45) is 5.92 Å². The summed E-state index contributed by atoms with van der Waals surface area (Å²) in [5.41, 5.74) is 0. The van der Waals surface area contributed by atoms with E-state index in [0.29, 0.717) is 0 Å². The number of aliphatic hydroxyl groups is 1. The van der Waals surface area contributed by atoms with Crippen LogP contribution in [0.2, 0.25) is 0 Å². The predicted octanol–water partition coefficient (Wildman–Crippen LogP) is 2.87. The first-order valence-corrected chi connectivity index (χ1v) is 5.34. The molecule has 0 atom stereocenters.